The van der Waals surface area contributed by atoms with Crippen LogP contribution in [0.1, 0.15) is 6.42 Å². The fourth-order valence-corrected chi connectivity index (χ4v) is 1.17. The Kier molecular flexibility index (Phi) is 3.36. The molecule has 5 nitrogen and oxygen atoms in total. The zero-order chi connectivity index (χ0) is 9.14. The second-order valence-electron chi connectivity index (χ2n) is 2.72. The Morgan fingerprint density at radius 1 is 1.58 bits per heavy atom. The normalized spacial score (nSPS) is 43.0. The van der Waals surface area contributed by atoms with Gasteiger partial charge >= 0.3 is 0 Å². The number of ether oxygens (including phenoxy) is 1. The van der Waals surface area contributed by atoms with Crippen LogP contribution in [-0.4, -0.2) is 41.4 Å². The first kappa shape index (κ1) is 9.82. The molecule has 0 saturated carbocycles. The van der Waals surface area contributed by atoms with E-state index in [1.165, 1.54) is 0 Å². The largest absolute Gasteiger partial charge is 0.390 e. The number of halogens is 1. The van der Waals surface area contributed by atoms with E-state index in [0.717, 1.165) is 0 Å². The Labute approximate surface area is 68.8 Å². The Balaban J connectivity index is 2.52. The van der Waals surface area contributed by atoms with Crippen LogP contribution < -0.4 is 5.73 Å². The summed E-state index contributed by atoms with van der Waals surface area (Å²) in [6, 6.07) is 0. The van der Waals surface area contributed by atoms with Gasteiger partial charge in [0.2, 0.25) is 0 Å². The lowest BCUT2D eigenvalue weighted by Crippen LogP contribution is -2.51. The van der Waals surface area contributed by atoms with Gasteiger partial charge < -0.3 is 20.7 Å². The van der Waals surface area contributed by atoms with Gasteiger partial charge in [0.05, 0.1) is 6.10 Å². The maximum absolute atomic E-state index is 11.6. The Morgan fingerprint density at radius 3 is 2.75 bits per heavy atom. The monoisotopic (exact) mass is 181 g/mol. The number of rotatable bonds is 2. The van der Waals surface area contributed by atoms with E-state index < -0.39 is 24.6 Å². The molecule has 6 heteroatoms. The summed E-state index contributed by atoms with van der Waals surface area (Å²) < 4.78 is 16.5. The molecule has 72 valence electrons. The van der Waals surface area contributed by atoms with Crippen LogP contribution in [0.3, 0.4) is 0 Å². The van der Waals surface area contributed by atoms with Crippen LogP contribution in [0.25, 0.3) is 0 Å². The molecule has 0 aromatic carbocycles. The maximum atomic E-state index is 11.6. The molecule has 0 amide bonds. The van der Waals surface area contributed by atoms with Crippen LogP contribution >= 0.6 is 0 Å². The van der Waals surface area contributed by atoms with Crippen molar-refractivity contribution in [2.45, 2.75) is 31.0 Å². The molecule has 0 aromatic rings. The van der Waals surface area contributed by atoms with Crippen molar-refractivity contribution in [3.8, 4) is 0 Å². The molecule has 0 radical (unpaired) electrons. The molecule has 1 saturated heterocycles. The van der Waals surface area contributed by atoms with Crippen LogP contribution in [0.2, 0.25) is 0 Å². The second-order valence-corrected chi connectivity index (χ2v) is 2.72. The summed E-state index contributed by atoms with van der Waals surface area (Å²) in [5.41, 5.74) is 5.20. The van der Waals surface area contributed by atoms with Gasteiger partial charge in [-0.1, -0.05) is 0 Å². The highest BCUT2D eigenvalue weighted by Gasteiger charge is 2.36. The standard InChI is InChI=1S/C6H12FNO4/c7-12-5-1-3(9)6(10)4(2-8)11-5/h3-6,9-10H,1-2,8H2/t3?,4-,5+,6-/m0/s1. The molecule has 4 atom stereocenters. The fourth-order valence-electron chi connectivity index (χ4n) is 1.17. The minimum absolute atomic E-state index is 0.0120. The van der Waals surface area contributed by atoms with E-state index in [0.29, 0.717) is 0 Å². The summed E-state index contributed by atoms with van der Waals surface area (Å²) in [5.74, 6) is 0. The molecule has 1 unspecified atom stereocenters. The van der Waals surface area contributed by atoms with Gasteiger partial charge in [-0.2, -0.15) is 4.94 Å². The summed E-state index contributed by atoms with van der Waals surface area (Å²) in [6.07, 6.45) is -4.10. The van der Waals surface area contributed by atoms with Gasteiger partial charge in [-0.3, -0.25) is 0 Å². The first-order chi connectivity index (χ1) is 5.69. The molecule has 0 aromatic heterocycles. The van der Waals surface area contributed by atoms with Crippen molar-refractivity contribution in [1.29, 1.82) is 0 Å². The Morgan fingerprint density at radius 2 is 2.25 bits per heavy atom. The van der Waals surface area contributed by atoms with Crippen LogP contribution in [0, 0.1) is 0 Å². The molecule has 1 heterocycles. The van der Waals surface area contributed by atoms with Gasteiger partial charge in [0, 0.05) is 13.0 Å². The average molecular weight is 181 g/mol. The zero-order valence-corrected chi connectivity index (χ0v) is 6.39. The van der Waals surface area contributed by atoms with Gasteiger partial charge in [-0.15, -0.1) is 0 Å². The molecule has 0 bridgehead atoms. The predicted molar refractivity (Wildman–Crippen MR) is 36.5 cm³/mol. The van der Waals surface area contributed by atoms with Crippen molar-refractivity contribution in [1.82, 2.24) is 0 Å². The quantitative estimate of drug-likeness (QED) is 0.492. The van der Waals surface area contributed by atoms with Crippen LogP contribution in [0.5, 0.6) is 0 Å². The molecule has 12 heavy (non-hydrogen) atoms. The molecular formula is C6H12FNO4. The molecule has 1 aliphatic rings. The minimum atomic E-state index is -1.13. The van der Waals surface area contributed by atoms with Crippen LogP contribution in [0.4, 0.5) is 4.53 Å². The van der Waals surface area contributed by atoms with E-state index in [4.69, 9.17) is 15.6 Å². The fraction of sp³-hybridized carbons (Fsp3) is 1.00. The number of hydrogen-bond donors (Lipinski definition) is 3. The van der Waals surface area contributed by atoms with Crippen LogP contribution in [-0.2, 0) is 9.68 Å². The minimum Gasteiger partial charge on any atom is -0.390 e. The van der Waals surface area contributed by atoms with E-state index in [-0.39, 0.29) is 13.0 Å². The molecular weight excluding hydrogens is 169 g/mol. The molecule has 0 spiro atoms. The van der Waals surface area contributed by atoms with Crippen LogP contribution in [0.15, 0.2) is 0 Å². The summed E-state index contributed by atoms with van der Waals surface area (Å²) in [6.45, 7) is 0.0120. The topological polar surface area (TPSA) is 84.9 Å². The number of hydrogen-bond acceptors (Lipinski definition) is 5. The molecule has 4 N–H and O–H groups in total. The third kappa shape index (κ3) is 1.90. The molecule has 1 fully saturated rings. The third-order valence-corrected chi connectivity index (χ3v) is 1.87. The predicted octanol–water partition coefficient (Wildman–Crippen LogP) is -1.32. The first-order valence-electron chi connectivity index (χ1n) is 3.68. The lowest BCUT2D eigenvalue weighted by atomic mass is 10.0. The van der Waals surface area contributed by atoms with Crippen molar-refractivity contribution in [3.05, 3.63) is 0 Å². The van der Waals surface area contributed by atoms with Crippen molar-refractivity contribution < 1.29 is 24.4 Å². The summed E-state index contributed by atoms with van der Waals surface area (Å²) in [5, 5.41) is 18.4. The number of nitrogens with two attached hydrogens (primary N) is 1. The van der Waals surface area contributed by atoms with Gasteiger partial charge in [-0.05, 0) is 4.53 Å². The lowest BCUT2D eigenvalue weighted by Gasteiger charge is -2.34. The van der Waals surface area contributed by atoms with E-state index in [1.807, 2.05) is 0 Å². The lowest BCUT2D eigenvalue weighted by molar-refractivity contribution is -0.324. The zero-order valence-electron chi connectivity index (χ0n) is 6.39. The molecule has 0 aliphatic carbocycles. The number of aliphatic hydroxyl groups is 2. The van der Waals surface area contributed by atoms with E-state index in [2.05, 4.69) is 4.94 Å². The van der Waals surface area contributed by atoms with Gasteiger partial charge in [-0.25, -0.2) is 0 Å². The Bertz CT molecular complexity index is 148. The average Bonchev–Trinajstić information content (AvgIpc) is 2.09. The van der Waals surface area contributed by atoms with Gasteiger partial charge in [0.25, 0.3) is 0 Å². The van der Waals surface area contributed by atoms with E-state index in [9.17, 15) is 9.63 Å². The van der Waals surface area contributed by atoms with Crippen molar-refractivity contribution in [2.75, 3.05) is 6.54 Å². The summed E-state index contributed by atoms with van der Waals surface area (Å²) in [4.78, 5) is 3.39. The van der Waals surface area contributed by atoms with Crippen molar-refractivity contribution in [2.24, 2.45) is 5.73 Å². The van der Waals surface area contributed by atoms with Crippen molar-refractivity contribution in [3.63, 3.8) is 0 Å². The maximum Gasteiger partial charge on any atom is 0.199 e. The van der Waals surface area contributed by atoms with E-state index in [1.54, 1.807) is 0 Å². The second kappa shape index (κ2) is 4.11. The summed E-state index contributed by atoms with van der Waals surface area (Å²) >= 11 is 0. The number of aliphatic hydroxyl groups excluding tert-OH is 2. The molecule has 1 aliphatic heterocycles. The highest BCUT2D eigenvalue weighted by atomic mass is 19.3. The van der Waals surface area contributed by atoms with Gasteiger partial charge in [0.1, 0.15) is 12.2 Å². The van der Waals surface area contributed by atoms with Gasteiger partial charge in [0.15, 0.2) is 6.29 Å². The first-order valence-corrected chi connectivity index (χ1v) is 3.68. The highest BCUT2D eigenvalue weighted by molar-refractivity contribution is 4.82. The SMILES string of the molecule is NC[C@@H]1O[C@H](OF)CC(O)[C@@H]1O. The smallest absolute Gasteiger partial charge is 0.199 e. The van der Waals surface area contributed by atoms with Crippen molar-refractivity contribution >= 4 is 0 Å². The molecule has 1 rings (SSSR count). The third-order valence-electron chi connectivity index (χ3n) is 1.87. The highest BCUT2D eigenvalue weighted by Crippen LogP contribution is 2.20. The summed E-state index contributed by atoms with van der Waals surface area (Å²) in [7, 11) is 0. The Hall–Kier alpha value is -0.270. The van der Waals surface area contributed by atoms with E-state index >= 15 is 0 Å².